The molecule has 0 aromatic rings. The first kappa shape index (κ1) is 8.61. The van der Waals surface area contributed by atoms with Gasteiger partial charge in [0.1, 0.15) is 0 Å². The summed E-state index contributed by atoms with van der Waals surface area (Å²) >= 11 is 0. The molecule has 10 heavy (non-hydrogen) atoms. The van der Waals surface area contributed by atoms with Crippen LogP contribution in [0.1, 0.15) is 6.92 Å². The van der Waals surface area contributed by atoms with Crippen molar-refractivity contribution in [2.75, 3.05) is 6.61 Å². The van der Waals surface area contributed by atoms with E-state index in [0.29, 0.717) is 0 Å². The topological polar surface area (TPSA) is 72.5 Å². The highest BCUT2D eigenvalue weighted by Crippen LogP contribution is 1.74. The second kappa shape index (κ2) is 4.49. The molecule has 5 nitrogen and oxygen atoms in total. The van der Waals surface area contributed by atoms with Crippen LogP contribution in [0.5, 0.6) is 0 Å². The van der Waals surface area contributed by atoms with E-state index in [2.05, 4.69) is 4.74 Å². The molecular formula is C5H7NO4. The van der Waals surface area contributed by atoms with Gasteiger partial charge in [-0.1, -0.05) is 0 Å². The fourth-order valence-electron chi connectivity index (χ4n) is 0.275. The van der Waals surface area contributed by atoms with Crippen LogP contribution in [-0.4, -0.2) is 24.9 Å². The molecule has 0 aliphatic rings. The van der Waals surface area contributed by atoms with Crippen LogP contribution in [0.3, 0.4) is 0 Å². The summed E-state index contributed by atoms with van der Waals surface area (Å²) in [5.74, 6) is -1.19. The van der Waals surface area contributed by atoms with E-state index < -0.39 is 18.5 Å². The Kier molecular flexibility index (Phi) is 3.86. The highest BCUT2D eigenvalue weighted by atomic mass is 16.5. The third-order valence-corrected chi connectivity index (χ3v) is 0.626. The second-order valence-corrected chi connectivity index (χ2v) is 1.47. The van der Waals surface area contributed by atoms with Crippen molar-refractivity contribution < 1.29 is 19.1 Å². The molecule has 0 spiro atoms. The Hall–Kier alpha value is -1.39. The number of hydrogen-bond acceptors (Lipinski definition) is 4. The predicted molar refractivity (Wildman–Crippen MR) is 30.8 cm³/mol. The first-order valence-electron chi connectivity index (χ1n) is 2.53. The van der Waals surface area contributed by atoms with Gasteiger partial charge in [-0.15, -0.1) is 0 Å². The van der Waals surface area contributed by atoms with Crippen LogP contribution in [0.25, 0.3) is 0 Å². The van der Waals surface area contributed by atoms with Gasteiger partial charge in [0.15, 0.2) is 6.61 Å². The van der Waals surface area contributed by atoms with E-state index in [-0.39, 0.29) is 6.41 Å². The summed E-state index contributed by atoms with van der Waals surface area (Å²) < 4.78 is 4.25. The number of imide groups is 1. The lowest BCUT2D eigenvalue weighted by Crippen LogP contribution is -2.26. The summed E-state index contributed by atoms with van der Waals surface area (Å²) in [5, 5.41) is 1.80. The number of esters is 1. The van der Waals surface area contributed by atoms with Gasteiger partial charge >= 0.3 is 5.97 Å². The van der Waals surface area contributed by atoms with Crippen molar-refractivity contribution in [1.29, 1.82) is 0 Å². The summed E-state index contributed by atoms with van der Waals surface area (Å²) in [5.41, 5.74) is 0. The lowest BCUT2D eigenvalue weighted by Gasteiger charge is -1.97. The van der Waals surface area contributed by atoms with E-state index in [9.17, 15) is 14.4 Å². The maximum absolute atomic E-state index is 10.3. The molecule has 0 unspecified atom stereocenters. The maximum Gasteiger partial charge on any atom is 0.303 e. The quantitative estimate of drug-likeness (QED) is 0.401. The van der Waals surface area contributed by atoms with Gasteiger partial charge in [-0.3, -0.25) is 19.7 Å². The van der Waals surface area contributed by atoms with Crippen molar-refractivity contribution in [3.63, 3.8) is 0 Å². The van der Waals surface area contributed by atoms with Crippen molar-refractivity contribution in [2.45, 2.75) is 6.92 Å². The Morgan fingerprint density at radius 3 is 2.60 bits per heavy atom. The molecule has 0 heterocycles. The van der Waals surface area contributed by atoms with Gasteiger partial charge in [0.25, 0.3) is 5.91 Å². The number of hydrogen-bond donors (Lipinski definition) is 1. The van der Waals surface area contributed by atoms with E-state index in [1.165, 1.54) is 6.92 Å². The normalized spacial score (nSPS) is 8.10. The zero-order chi connectivity index (χ0) is 7.98. The molecule has 0 aromatic carbocycles. The summed E-state index contributed by atoms with van der Waals surface area (Å²) in [6.45, 7) is 0.766. The number of rotatable bonds is 3. The molecule has 0 fully saturated rings. The number of carbonyl (C=O) groups excluding carboxylic acids is 3. The Labute approximate surface area is 57.3 Å². The summed E-state index contributed by atoms with van der Waals surface area (Å²) in [6, 6.07) is 0. The minimum Gasteiger partial charge on any atom is -0.456 e. The first-order valence-corrected chi connectivity index (χ1v) is 2.53. The average Bonchev–Trinajstić information content (AvgIpc) is 1.85. The van der Waals surface area contributed by atoms with Crippen molar-refractivity contribution in [3.8, 4) is 0 Å². The van der Waals surface area contributed by atoms with Crippen LogP contribution in [0, 0.1) is 0 Å². The molecule has 0 bridgehead atoms. The van der Waals surface area contributed by atoms with Gasteiger partial charge in [-0.2, -0.15) is 0 Å². The molecular weight excluding hydrogens is 138 g/mol. The second-order valence-electron chi connectivity index (χ2n) is 1.47. The monoisotopic (exact) mass is 145 g/mol. The average molecular weight is 145 g/mol. The zero-order valence-corrected chi connectivity index (χ0v) is 5.42. The molecule has 0 aliphatic heterocycles. The lowest BCUT2D eigenvalue weighted by molar-refractivity contribution is -0.146. The summed E-state index contributed by atoms with van der Waals surface area (Å²) in [4.78, 5) is 30.0. The smallest absolute Gasteiger partial charge is 0.303 e. The van der Waals surface area contributed by atoms with E-state index in [4.69, 9.17) is 0 Å². The van der Waals surface area contributed by atoms with E-state index >= 15 is 0 Å². The predicted octanol–water partition coefficient (Wildman–Crippen LogP) is -1.18. The molecule has 56 valence electrons. The molecule has 0 saturated carbocycles. The van der Waals surface area contributed by atoms with E-state index in [0.717, 1.165) is 0 Å². The Bertz CT molecular complexity index is 154. The van der Waals surface area contributed by atoms with Crippen molar-refractivity contribution >= 4 is 18.3 Å². The van der Waals surface area contributed by atoms with Crippen LogP contribution < -0.4 is 5.32 Å². The molecule has 2 amide bonds. The zero-order valence-electron chi connectivity index (χ0n) is 5.42. The molecule has 0 rings (SSSR count). The third kappa shape index (κ3) is 4.76. The van der Waals surface area contributed by atoms with Crippen molar-refractivity contribution in [2.24, 2.45) is 0 Å². The van der Waals surface area contributed by atoms with Gasteiger partial charge in [0.05, 0.1) is 0 Å². The fraction of sp³-hybridized carbons (Fsp3) is 0.400. The van der Waals surface area contributed by atoms with Gasteiger partial charge in [0, 0.05) is 6.92 Å². The maximum atomic E-state index is 10.3. The van der Waals surface area contributed by atoms with Crippen LogP contribution in [-0.2, 0) is 19.1 Å². The van der Waals surface area contributed by atoms with Crippen LogP contribution >= 0.6 is 0 Å². The Morgan fingerprint density at radius 1 is 1.60 bits per heavy atom. The van der Waals surface area contributed by atoms with Gasteiger partial charge < -0.3 is 4.74 Å². The number of ether oxygens (including phenoxy) is 1. The highest BCUT2D eigenvalue weighted by Gasteiger charge is 2.00. The molecule has 0 aliphatic carbocycles. The van der Waals surface area contributed by atoms with E-state index in [1.54, 1.807) is 5.32 Å². The molecule has 0 aromatic heterocycles. The minimum atomic E-state index is -0.634. The molecule has 5 heteroatoms. The Balaban J connectivity index is 3.39. The van der Waals surface area contributed by atoms with Gasteiger partial charge in [-0.05, 0) is 0 Å². The number of amides is 2. The highest BCUT2D eigenvalue weighted by molar-refractivity contribution is 5.87. The van der Waals surface area contributed by atoms with E-state index in [1.807, 2.05) is 0 Å². The summed E-state index contributed by atoms with van der Waals surface area (Å²) in [6.07, 6.45) is 0.228. The van der Waals surface area contributed by atoms with Crippen molar-refractivity contribution in [3.05, 3.63) is 0 Å². The molecule has 0 atom stereocenters. The van der Waals surface area contributed by atoms with Crippen molar-refractivity contribution in [1.82, 2.24) is 5.32 Å². The van der Waals surface area contributed by atoms with Gasteiger partial charge in [0.2, 0.25) is 6.41 Å². The lowest BCUT2D eigenvalue weighted by atomic mass is 10.6. The first-order chi connectivity index (χ1) is 4.66. The van der Waals surface area contributed by atoms with Gasteiger partial charge in [-0.25, -0.2) is 0 Å². The van der Waals surface area contributed by atoms with Crippen LogP contribution in [0.15, 0.2) is 0 Å². The largest absolute Gasteiger partial charge is 0.456 e. The summed E-state index contributed by atoms with van der Waals surface area (Å²) in [7, 11) is 0. The van der Waals surface area contributed by atoms with Crippen LogP contribution in [0.4, 0.5) is 0 Å². The number of nitrogens with one attached hydrogen (secondary N) is 1. The SMILES string of the molecule is CC(=O)OCC(=O)NC=O. The number of carbonyl (C=O) groups is 3. The molecule has 1 N–H and O–H groups in total. The Morgan fingerprint density at radius 2 is 2.20 bits per heavy atom. The minimum absolute atomic E-state index is 0.228. The molecule has 0 saturated heterocycles. The third-order valence-electron chi connectivity index (χ3n) is 0.626. The molecule has 0 radical (unpaired) electrons. The standard InChI is InChI=1S/C5H7NO4/c1-4(8)10-2-5(9)6-3-7/h3H,2H2,1H3,(H,6,7,9). The fourth-order valence-corrected chi connectivity index (χ4v) is 0.275. The van der Waals surface area contributed by atoms with Crippen LogP contribution in [0.2, 0.25) is 0 Å².